The van der Waals surface area contributed by atoms with Crippen LogP contribution >= 0.6 is 0 Å². The summed E-state index contributed by atoms with van der Waals surface area (Å²) in [6.07, 6.45) is -1.91. The summed E-state index contributed by atoms with van der Waals surface area (Å²) >= 11 is 0. The van der Waals surface area contributed by atoms with E-state index in [0.717, 1.165) is 5.56 Å². The fourth-order valence-corrected chi connectivity index (χ4v) is 2.77. The zero-order chi connectivity index (χ0) is 21.2. The van der Waals surface area contributed by atoms with Crippen molar-refractivity contribution in [3.63, 3.8) is 0 Å². The first kappa shape index (κ1) is 20.1. The van der Waals surface area contributed by atoms with Crippen molar-refractivity contribution in [1.29, 1.82) is 0 Å². The summed E-state index contributed by atoms with van der Waals surface area (Å²) in [7, 11) is 1.51. The van der Waals surface area contributed by atoms with Gasteiger partial charge in [0.25, 0.3) is 0 Å². The number of hydrogen-bond donors (Lipinski definition) is 2. The number of alkyl halides is 3. The standard InChI is InChI=1S/C20H17F3N4O2/c1-12-18(26-19(29)20(21,22)23)25-16-9-8-14(11-27(12)16)15(10-17(28)24-2)13-6-4-3-5-7-13/h3-11H,1-2H3,(H,24,28)(H,26,29)/b15-10+. The number of carbonyl (C=O) groups excluding carboxylic acids is 2. The highest BCUT2D eigenvalue weighted by molar-refractivity contribution is 5.99. The lowest BCUT2D eigenvalue weighted by Crippen LogP contribution is -2.30. The number of benzene rings is 1. The molecule has 2 N–H and O–H groups in total. The molecule has 0 radical (unpaired) electrons. The molecule has 3 aromatic rings. The number of fused-ring (bicyclic) bond motifs is 1. The molecule has 0 bridgehead atoms. The number of carbonyl (C=O) groups is 2. The second-order valence-corrected chi connectivity index (χ2v) is 6.18. The number of likely N-dealkylation sites (N-methyl/N-ethyl adjacent to an activating group) is 1. The molecule has 0 atom stereocenters. The maximum Gasteiger partial charge on any atom is 0.471 e. The van der Waals surface area contributed by atoms with Gasteiger partial charge in [-0.25, -0.2) is 4.98 Å². The molecule has 3 rings (SSSR count). The van der Waals surface area contributed by atoms with Crippen molar-refractivity contribution in [2.75, 3.05) is 12.4 Å². The molecule has 0 saturated carbocycles. The molecule has 0 aliphatic carbocycles. The third kappa shape index (κ3) is 4.29. The maximum absolute atomic E-state index is 12.5. The molecule has 0 fully saturated rings. The van der Waals surface area contributed by atoms with Crippen LogP contribution in [0.1, 0.15) is 16.8 Å². The van der Waals surface area contributed by atoms with Gasteiger partial charge in [-0.1, -0.05) is 30.3 Å². The Morgan fingerprint density at radius 3 is 2.38 bits per heavy atom. The number of halogens is 3. The summed E-state index contributed by atoms with van der Waals surface area (Å²) in [5, 5.41) is 4.32. The maximum atomic E-state index is 12.5. The Labute approximate surface area is 164 Å². The van der Waals surface area contributed by atoms with Gasteiger partial charge in [0.1, 0.15) is 5.65 Å². The van der Waals surface area contributed by atoms with E-state index in [9.17, 15) is 22.8 Å². The van der Waals surface area contributed by atoms with Crippen molar-refractivity contribution >= 4 is 28.9 Å². The number of anilines is 1. The molecule has 0 aliphatic rings. The molecule has 2 aromatic heterocycles. The summed E-state index contributed by atoms with van der Waals surface area (Å²) in [5.74, 6) is -2.57. The average molecular weight is 402 g/mol. The quantitative estimate of drug-likeness (QED) is 0.658. The minimum Gasteiger partial charge on any atom is -0.356 e. The van der Waals surface area contributed by atoms with Crippen LogP contribution in [0.4, 0.5) is 19.0 Å². The van der Waals surface area contributed by atoms with Crippen LogP contribution in [0.3, 0.4) is 0 Å². The van der Waals surface area contributed by atoms with Gasteiger partial charge in [0.2, 0.25) is 5.91 Å². The molecule has 0 unspecified atom stereocenters. The first-order valence-electron chi connectivity index (χ1n) is 8.57. The van der Waals surface area contributed by atoms with Crippen LogP contribution in [-0.2, 0) is 9.59 Å². The zero-order valence-electron chi connectivity index (χ0n) is 15.5. The van der Waals surface area contributed by atoms with Crippen LogP contribution in [0.2, 0.25) is 0 Å². The van der Waals surface area contributed by atoms with Crippen LogP contribution in [0.25, 0.3) is 11.2 Å². The summed E-state index contributed by atoms with van der Waals surface area (Å²) in [4.78, 5) is 27.2. The van der Waals surface area contributed by atoms with Gasteiger partial charge in [0.05, 0.1) is 5.69 Å². The first-order valence-corrected chi connectivity index (χ1v) is 8.57. The van der Waals surface area contributed by atoms with Crippen molar-refractivity contribution in [3.8, 4) is 0 Å². The fraction of sp³-hybridized carbons (Fsp3) is 0.150. The number of imidazole rings is 1. The van der Waals surface area contributed by atoms with Crippen molar-refractivity contribution < 1.29 is 22.8 Å². The number of aromatic nitrogens is 2. The topological polar surface area (TPSA) is 75.5 Å². The van der Waals surface area contributed by atoms with E-state index in [1.165, 1.54) is 13.1 Å². The SMILES string of the molecule is CNC(=O)/C=C(\c1ccccc1)c1ccc2nc(NC(=O)C(F)(F)F)c(C)n2c1. The molecular weight excluding hydrogens is 385 g/mol. The summed E-state index contributed by atoms with van der Waals surface area (Å²) in [6, 6.07) is 12.5. The zero-order valence-corrected chi connectivity index (χ0v) is 15.5. The van der Waals surface area contributed by atoms with Gasteiger partial charge in [-0.15, -0.1) is 0 Å². The largest absolute Gasteiger partial charge is 0.471 e. The number of rotatable bonds is 4. The van der Waals surface area contributed by atoms with Crippen molar-refractivity contribution in [2.45, 2.75) is 13.1 Å². The smallest absolute Gasteiger partial charge is 0.356 e. The Kier molecular flexibility index (Phi) is 5.40. The lowest BCUT2D eigenvalue weighted by Gasteiger charge is -2.10. The molecule has 2 heterocycles. The van der Waals surface area contributed by atoms with Crippen LogP contribution in [0, 0.1) is 6.92 Å². The van der Waals surface area contributed by atoms with E-state index in [2.05, 4.69) is 10.3 Å². The van der Waals surface area contributed by atoms with Gasteiger partial charge >= 0.3 is 12.1 Å². The van der Waals surface area contributed by atoms with Crippen molar-refractivity contribution in [1.82, 2.24) is 14.7 Å². The molecular formula is C20H17F3N4O2. The van der Waals surface area contributed by atoms with E-state index in [0.29, 0.717) is 22.5 Å². The summed E-state index contributed by atoms with van der Waals surface area (Å²) in [6.45, 7) is 1.54. The number of nitrogens with one attached hydrogen (secondary N) is 2. The lowest BCUT2D eigenvalue weighted by molar-refractivity contribution is -0.167. The van der Waals surface area contributed by atoms with E-state index < -0.39 is 12.1 Å². The summed E-state index contributed by atoms with van der Waals surface area (Å²) < 4.78 is 39.2. The van der Waals surface area contributed by atoms with E-state index in [-0.39, 0.29) is 11.7 Å². The minimum absolute atomic E-state index is 0.180. The van der Waals surface area contributed by atoms with Crippen LogP contribution in [0.15, 0.2) is 54.7 Å². The third-order valence-electron chi connectivity index (χ3n) is 4.26. The van der Waals surface area contributed by atoms with Gasteiger partial charge in [-0.05, 0) is 35.8 Å². The Morgan fingerprint density at radius 2 is 1.76 bits per heavy atom. The monoisotopic (exact) mass is 402 g/mol. The van der Waals surface area contributed by atoms with E-state index >= 15 is 0 Å². The number of pyridine rings is 1. The molecule has 2 amide bonds. The normalized spacial score (nSPS) is 12.1. The number of aryl methyl sites for hydroxylation is 1. The number of nitrogens with zero attached hydrogens (tertiary/aromatic N) is 2. The second-order valence-electron chi connectivity index (χ2n) is 6.18. The Morgan fingerprint density at radius 1 is 1.07 bits per heavy atom. The Hall–Kier alpha value is -3.62. The van der Waals surface area contributed by atoms with E-state index in [1.54, 1.807) is 35.0 Å². The highest BCUT2D eigenvalue weighted by atomic mass is 19.4. The van der Waals surface area contributed by atoms with Gasteiger partial charge < -0.3 is 15.0 Å². The molecule has 0 spiro atoms. The predicted octanol–water partition coefficient (Wildman–Crippen LogP) is 3.32. The van der Waals surface area contributed by atoms with Gasteiger partial charge in [0, 0.05) is 19.3 Å². The van der Waals surface area contributed by atoms with Crippen molar-refractivity contribution in [2.24, 2.45) is 0 Å². The first-order chi connectivity index (χ1) is 13.7. The highest BCUT2D eigenvalue weighted by Crippen LogP contribution is 2.26. The van der Waals surface area contributed by atoms with Crippen LogP contribution < -0.4 is 10.6 Å². The molecule has 1 aromatic carbocycles. The van der Waals surface area contributed by atoms with E-state index in [4.69, 9.17) is 0 Å². The number of hydrogen-bond acceptors (Lipinski definition) is 3. The minimum atomic E-state index is -5.01. The fourth-order valence-electron chi connectivity index (χ4n) is 2.77. The Balaban J connectivity index is 2.08. The molecule has 0 saturated heterocycles. The lowest BCUT2D eigenvalue weighted by atomic mass is 9.99. The van der Waals surface area contributed by atoms with E-state index in [1.807, 2.05) is 30.3 Å². The van der Waals surface area contributed by atoms with Gasteiger partial charge in [-0.3, -0.25) is 9.59 Å². The third-order valence-corrected chi connectivity index (χ3v) is 4.26. The average Bonchev–Trinajstić information content (AvgIpc) is 3.01. The molecule has 0 aliphatic heterocycles. The van der Waals surface area contributed by atoms with Crippen molar-refractivity contribution in [3.05, 3.63) is 71.6 Å². The molecule has 6 nitrogen and oxygen atoms in total. The molecule has 29 heavy (non-hydrogen) atoms. The Bertz CT molecular complexity index is 1100. The number of amides is 2. The highest BCUT2D eigenvalue weighted by Gasteiger charge is 2.39. The van der Waals surface area contributed by atoms with Gasteiger partial charge in [-0.2, -0.15) is 13.2 Å². The molecule has 150 valence electrons. The second kappa shape index (κ2) is 7.78. The van der Waals surface area contributed by atoms with Crippen LogP contribution in [0.5, 0.6) is 0 Å². The van der Waals surface area contributed by atoms with Gasteiger partial charge in [0.15, 0.2) is 5.82 Å². The van der Waals surface area contributed by atoms with Crippen LogP contribution in [-0.4, -0.2) is 34.4 Å². The predicted molar refractivity (Wildman–Crippen MR) is 102 cm³/mol. The summed E-state index contributed by atoms with van der Waals surface area (Å²) in [5.41, 5.74) is 2.75. The molecule has 9 heteroatoms.